The van der Waals surface area contributed by atoms with Crippen molar-refractivity contribution in [2.75, 3.05) is 0 Å². The zero-order valence-electron chi connectivity index (χ0n) is 13.9. The summed E-state index contributed by atoms with van der Waals surface area (Å²) in [5.74, 6) is 2.23. The zero-order chi connectivity index (χ0) is 15.3. The lowest BCUT2D eigenvalue weighted by Crippen LogP contribution is -2.38. The van der Waals surface area contributed by atoms with Gasteiger partial charge in [0.2, 0.25) is 0 Å². The van der Waals surface area contributed by atoms with Crippen LogP contribution in [0.2, 0.25) is 0 Å². The minimum Gasteiger partial charge on any atom is -0.459 e. The molecule has 2 nitrogen and oxygen atoms in total. The molecule has 3 aliphatic carbocycles. The van der Waals surface area contributed by atoms with E-state index in [1.807, 2.05) is 0 Å². The number of esters is 1. The van der Waals surface area contributed by atoms with Gasteiger partial charge in [0, 0.05) is 6.08 Å². The number of hydrogen-bond acceptors (Lipinski definition) is 2. The summed E-state index contributed by atoms with van der Waals surface area (Å²) in [6, 6.07) is 0. The highest BCUT2D eigenvalue weighted by atomic mass is 16.5. The van der Waals surface area contributed by atoms with Gasteiger partial charge < -0.3 is 4.74 Å². The van der Waals surface area contributed by atoms with Gasteiger partial charge in [-0.2, -0.15) is 0 Å². The van der Waals surface area contributed by atoms with Crippen molar-refractivity contribution >= 4 is 5.97 Å². The van der Waals surface area contributed by atoms with E-state index in [4.69, 9.17) is 4.74 Å². The highest BCUT2D eigenvalue weighted by Gasteiger charge is 2.62. The van der Waals surface area contributed by atoms with Gasteiger partial charge in [-0.3, -0.25) is 0 Å². The van der Waals surface area contributed by atoms with Crippen LogP contribution in [0.25, 0.3) is 0 Å². The van der Waals surface area contributed by atoms with Crippen LogP contribution in [0.15, 0.2) is 12.7 Å². The summed E-state index contributed by atoms with van der Waals surface area (Å²) in [7, 11) is 0. The summed E-state index contributed by atoms with van der Waals surface area (Å²) in [6.45, 7) is 11.0. The Morgan fingerprint density at radius 2 is 1.95 bits per heavy atom. The van der Waals surface area contributed by atoms with Crippen molar-refractivity contribution in [1.29, 1.82) is 0 Å². The van der Waals surface area contributed by atoms with Crippen molar-refractivity contribution in [1.82, 2.24) is 0 Å². The Balaban J connectivity index is 1.70. The number of fused-ring (bicyclic) bond motifs is 2. The molecule has 5 atom stereocenters. The maximum absolute atomic E-state index is 11.5. The second kappa shape index (κ2) is 5.14. The summed E-state index contributed by atoms with van der Waals surface area (Å²) in [6.07, 6.45) is 10.3. The van der Waals surface area contributed by atoms with Crippen LogP contribution in [0.4, 0.5) is 0 Å². The van der Waals surface area contributed by atoms with E-state index in [0.717, 1.165) is 30.6 Å². The lowest BCUT2D eigenvalue weighted by Gasteiger charge is -2.45. The number of carbonyl (C=O) groups is 1. The molecular weight excluding hydrogens is 260 g/mol. The second-order valence-electron chi connectivity index (χ2n) is 8.41. The number of rotatable bonds is 3. The van der Waals surface area contributed by atoms with Gasteiger partial charge in [-0.25, -0.2) is 4.79 Å². The Labute approximate surface area is 129 Å². The van der Waals surface area contributed by atoms with Crippen molar-refractivity contribution in [3.05, 3.63) is 12.7 Å². The lowest BCUT2D eigenvalue weighted by molar-refractivity contribution is -0.146. The van der Waals surface area contributed by atoms with Crippen LogP contribution in [0.1, 0.15) is 65.7 Å². The van der Waals surface area contributed by atoms with Crippen molar-refractivity contribution in [3.63, 3.8) is 0 Å². The summed E-state index contributed by atoms with van der Waals surface area (Å²) in [5, 5.41) is 0. The van der Waals surface area contributed by atoms with Crippen molar-refractivity contribution in [2.24, 2.45) is 28.6 Å². The van der Waals surface area contributed by atoms with Crippen LogP contribution in [0, 0.1) is 28.6 Å². The fourth-order valence-corrected chi connectivity index (χ4v) is 5.84. The van der Waals surface area contributed by atoms with E-state index in [1.165, 1.54) is 38.2 Å². The van der Waals surface area contributed by atoms with Crippen LogP contribution >= 0.6 is 0 Å². The highest BCUT2D eigenvalue weighted by molar-refractivity contribution is 5.81. The molecule has 0 saturated heterocycles. The van der Waals surface area contributed by atoms with Crippen LogP contribution < -0.4 is 0 Å². The highest BCUT2D eigenvalue weighted by Crippen LogP contribution is 2.70. The van der Waals surface area contributed by atoms with E-state index in [9.17, 15) is 4.79 Å². The molecule has 3 fully saturated rings. The molecule has 0 aromatic heterocycles. The smallest absolute Gasteiger partial charge is 0.330 e. The molecule has 0 heterocycles. The first kappa shape index (κ1) is 15.1. The predicted octanol–water partition coefficient (Wildman–Crippen LogP) is 4.74. The van der Waals surface area contributed by atoms with Gasteiger partial charge >= 0.3 is 5.97 Å². The third-order valence-corrected chi connectivity index (χ3v) is 7.55. The molecule has 0 aliphatic heterocycles. The average molecular weight is 290 g/mol. The summed E-state index contributed by atoms with van der Waals surface area (Å²) in [5.41, 5.74) is 0.981. The maximum Gasteiger partial charge on any atom is 0.330 e. The monoisotopic (exact) mass is 290 g/mol. The van der Waals surface area contributed by atoms with Gasteiger partial charge in [-0.05, 0) is 73.5 Å². The average Bonchev–Trinajstić information content (AvgIpc) is 2.80. The Morgan fingerprint density at radius 3 is 2.52 bits per heavy atom. The fraction of sp³-hybridized carbons (Fsp3) is 0.842. The molecule has 3 saturated carbocycles. The van der Waals surface area contributed by atoms with Gasteiger partial charge in [0.15, 0.2) is 0 Å². The van der Waals surface area contributed by atoms with E-state index < -0.39 is 0 Å². The van der Waals surface area contributed by atoms with Gasteiger partial charge in [-0.1, -0.05) is 27.4 Å². The molecule has 0 amide bonds. The van der Waals surface area contributed by atoms with Crippen molar-refractivity contribution in [3.8, 4) is 0 Å². The normalized spacial score (nSPS) is 44.5. The first-order chi connectivity index (χ1) is 9.88. The third-order valence-electron chi connectivity index (χ3n) is 7.55. The van der Waals surface area contributed by atoms with E-state index >= 15 is 0 Å². The number of hydrogen-bond donors (Lipinski definition) is 0. The Kier molecular flexibility index (Phi) is 3.70. The first-order valence-corrected chi connectivity index (χ1v) is 8.71. The predicted molar refractivity (Wildman–Crippen MR) is 84.8 cm³/mol. The van der Waals surface area contributed by atoms with Crippen LogP contribution in [0.3, 0.4) is 0 Å². The molecule has 2 heteroatoms. The molecule has 3 aliphatic rings. The Morgan fingerprint density at radius 1 is 1.19 bits per heavy atom. The number of ether oxygens (including phenoxy) is 1. The van der Waals surface area contributed by atoms with Gasteiger partial charge in [0.05, 0.1) is 0 Å². The first-order valence-electron chi connectivity index (χ1n) is 8.71. The van der Waals surface area contributed by atoms with E-state index in [2.05, 4.69) is 27.4 Å². The quantitative estimate of drug-likeness (QED) is 0.554. The topological polar surface area (TPSA) is 26.3 Å². The van der Waals surface area contributed by atoms with Crippen molar-refractivity contribution in [2.45, 2.75) is 71.8 Å². The molecule has 0 unspecified atom stereocenters. The third kappa shape index (κ3) is 2.26. The molecule has 118 valence electrons. The van der Waals surface area contributed by atoms with Crippen LogP contribution in [-0.4, -0.2) is 12.1 Å². The lowest BCUT2D eigenvalue weighted by atomic mass is 9.61. The molecule has 0 radical (unpaired) electrons. The number of carbonyl (C=O) groups excluding carboxylic acids is 1. The molecule has 0 aromatic rings. The molecule has 3 rings (SSSR count). The van der Waals surface area contributed by atoms with E-state index in [0.29, 0.717) is 10.8 Å². The Bertz CT molecular complexity index is 439. The Hall–Kier alpha value is -0.790. The molecule has 21 heavy (non-hydrogen) atoms. The second-order valence-corrected chi connectivity index (χ2v) is 8.41. The summed E-state index contributed by atoms with van der Waals surface area (Å²) < 4.78 is 5.54. The van der Waals surface area contributed by atoms with E-state index in [1.54, 1.807) is 0 Å². The van der Waals surface area contributed by atoms with Crippen LogP contribution in [-0.2, 0) is 9.53 Å². The largest absolute Gasteiger partial charge is 0.459 e. The standard InChI is InChI=1S/C19H30O2/c1-5-17(20)21-15-8-6-7-13(11-15)16-12-14-9-10-19(16,4)18(14,2)3/h5,13-16H,1,6-12H2,2-4H3/t13-,14-,15+,16+,19+/m1/s1. The molecule has 0 aromatic carbocycles. The zero-order valence-corrected chi connectivity index (χ0v) is 13.9. The minimum absolute atomic E-state index is 0.125. The maximum atomic E-state index is 11.5. The SMILES string of the molecule is C=CC(=O)O[C@H]1CCC[C@@H]([C@@H]2C[C@H]3CC[C@]2(C)C3(C)C)C1. The summed E-state index contributed by atoms with van der Waals surface area (Å²) in [4.78, 5) is 11.5. The molecule has 0 N–H and O–H groups in total. The molecule has 0 spiro atoms. The minimum atomic E-state index is -0.250. The van der Waals surface area contributed by atoms with Gasteiger partial charge in [0.1, 0.15) is 6.10 Å². The van der Waals surface area contributed by atoms with Crippen LogP contribution in [0.5, 0.6) is 0 Å². The molecule has 2 bridgehead atoms. The molecular formula is C19H30O2. The summed E-state index contributed by atoms with van der Waals surface area (Å²) >= 11 is 0. The fourth-order valence-electron chi connectivity index (χ4n) is 5.84. The van der Waals surface area contributed by atoms with E-state index in [-0.39, 0.29) is 12.1 Å². The van der Waals surface area contributed by atoms with Gasteiger partial charge in [0.25, 0.3) is 0 Å². The van der Waals surface area contributed by atoms with Gasteiger partial charge in [-0.15, -0.1) is 0 Å². The van der Waals surface area contributed by atoms with Crippen molar-refractivity contribution < 1.29 is 9.53 Å².